The van der Waals surface area contributed by atoms with Gasteiger partial charge in [0.1, 0.15) is 0 Å². The molecule has 0 radical (unpaired) electrons. The molecule has 2 aromatic rings. The first-order valence-electron chi connectivity index (χ1n) is 7.66. The Kier molecular flexibility index (Phi) is 3.19. The van der Waals surface area contributed by atoms with Gasteiger partial charge in [0.2, 0.25) is 5.91 Å². The number of benzene rings is 2. The van der Waals surface area contributed by atoms with Gasteiger partial charge in [-0.3, -0.25) is 14.7 Å². The Morgan fingerprint density at radius 1 is 1.04 bits per heavy atom. The summed E-state index contributed by atoms with van der Waals surface area (Å²) >= 11 is 0. The number of allylic oxidation sites excluding steroid dienone is 1. The van der Waals surface area contributed by atoms with Crippen LogP contribution in [-0.4, -0.2) is 18.2 Å². The van der Waals surface area contributed by atoms with E-state index in [1.54, 1.807) is 11.8 Å². The van der Waals surface area contributed by atoms with E-state index in [1.807, 2.05) is 54.8 Å². The average Bonchev–Trinajstić information content (AvgIpc) is 3.04. The predicted molar refractivity (Wildman–Crippen MR) is 95.0 cm³/mol. The van der Waals surface area contributed by atoms with Crippen LogP contribution in [0.3, 0.4) is 0 Å². The summed E-state index contributed by atoms with van der Waals surface area (Å²) in [6.07, 6.45) is 8.02. The highest BCUT2D eigenvalue weighted by Gasteiger charge is 2.26. The number of para-hydroxylation sites is 2. The van der Waals surface area contributed by atoms with Gasteiger partial charge in [-0.05, 0) is 35.4 Å². The smallest absolute Gasteiger partial charge is 0.228 e. The highest BCUT2D eigenvalue weighted by atomic mass is 16.2. The molecular formula is C20H16N2O. The summed E-state index contributed by atoms with van der Waals surface area (Å²) in [7, 11) is 0. The second-order valence-corrected chi connectivity index (χ2v) is 5.66. The van der Waals surface area contributed by atoms with Crippen molar-refractivity contribution < 1.29 is 4.79 Å². The lowest BCUT2D eigenvalue weighted by Crippen LogP contribution is -2.24. The van der Waals surface area contributed by atoms with Gasteiger partial charge < -0.3 is 0 Å². The van der Waals surface area contributed by atoms with Crippen LogP contribution >= 0.6 is 0 Å². The molecule has 1 atom stereocenters. The Hall–Kier alpha value is -2.94. The van der Waals surface area contributed by atoms with E-state index in [2.05, 4.69) is 23.2 Å². The predicted octanol–water partition coefficient (Wildman–Crippen LogP) is 4.23. The second kappa shape index (κ2) is 5.36. The first-order valence-corrected chi connectivity index (χ1v) is 7.66. The molecule has 0 aromatic heterocycles. The number of fused-ring (bicyclic) bond motifs is 2. The van der Waals surface area contributed by atoms with Crippen LogP contribution in [0.5, 0.6) is 0 Å². The van der Waals surface area contributed by atoms with Crippen LogP contribution in [0.2, 0.25) is 0 Å². The van der Waals surface area contributed by atoms with E-state index in [0.29, 0.717) is 0 Å². The summed E-state index contributed by atoms with van der Waals surface area (Å²) < 4.78 is 0. The maximum Gasteiger partial charge on any atom is 0.228 e. The third-order valence-electron chi connectivity index (χ3n) is 4.20. The van der Waals surface area contributed by atoms with Crippen molar-refractivity contribution in [3.05, 3.63) is 71.8 Å². The summed E-state index contributed by atoms with van der Waals surface area (Å²) in [5, 5.41) is 0. The van der Waals surface area contributed by atoms with Crippen LogP contribution in [0.15, 0.2) is 65.7 Å². The second-order valence-electron chi connectivity index (χ2n) is 5.66. The van der Waals surface area contributed by atoms with Crippen molar-refractivity contribution in [3.63, 3.8) is 0 Å². The number of rotatable bonds is 1. The van der Waals surface area contributed by atoms with Crippen LogP contribution in [0.1, 0.15) is 18.1 Å². The third-order valence-corrected chi connectivity index (χ3v) is 4.20. The van der Waals surface area contributed by atoms with Crippen LogP contribution in [0.25, 0.3) is 11.6 Å². The zero-order valence-corrected chi connectivity index (χ0v) is 12.8. The Labute approximate surface area is 135 Å². The molecule has 2 heterocycles. The van der Waals surface area contributed by atoms with Gasteiger partial charge >= 0.3 is 0 Å². The Balaban J connectivity index is 2.03. The Morgan fingerprint density at radius 3 is 2.52 bits per heavy atom. The molecule has 0 saturated carbocycles. The van der Waals surface area contributed by atoms with Gasteiger partial charge in [-0.15, -0.1) is 0 Å². The van der Waals surface area contributed by atoms with Gasteiger partial charge in [0.15, 0.2) is 0 Å². The van der Waals surface area contributed by atoms with Gasteiger partial charge in [-0.2, -0.15) is 0 Å². The molecule has 23 heavy (non-hydrogen) atoms. The highest BCUT2D eigenvalue weighted by Crippen LogP contribution is 2.41. The summed E-state index contributed by atoms with van der Waals surface area (Å²) in [5.41, 5.74) is 5.01. The lowest BCUT2D eigenvalue weighted by molar-refractivity contribution is -0.115. The van der Waals surface area contributed by atoms with Crippen molar-refractivity contribution >= 4 is 35.1 Å². The molecule has 2 aliphatic rings. The molecular weight excluding hydrogens is 284 g/mol. The number of carbonyl (C=O) groups is 1. The normalized spacial score (nSPS) is 18.2. The quantitative estimate of drug-likeness (QED) is 0.775. The maximum atomic E-state index is 12.4. The zero-order valence-electron chi connectivity index (χ0n) is 12.8. The van der Waals surface area contributed by atoms with E-state index in [-0.39, 0.29) is 11.9 Å². The number of aliphatic imine (C=N–C) groups is 1. The number of nitrogens with zero attached hydrogens (tertiary/aromatic N) is 2. The van der Waals surface area contributed by atoms with Crippen LogP contribution < -0.4 is 4.90 Å². The molecule has 0 spiro atoms. The van der Waals surface area contributed by atoms with Crippen molar-refractivity contribution in [1.82, 2.24) is 0 Å². The molecule has 112 valence electrons. The van der Waals surface area contributed by atoms with Crippen molar-refractivity contribution in [1.29, 1.82) is 0 Å². The molecule has 3 heteroatoms. The first-order chi connectivity index (χ1) is 11.3. The van der Waals surface area contributed by atoms with Crippen molar-refractivity contribution in [2.75, 3.05) is 4.90 Å². The van der Waals surface area contributed by atoms with E-state index in [1.165, 1.54) is 0 Å². The highest BCUT2D eigenvalue weighted by molar-refractivity contribution is 6.08. The summed E-state index contributed by atoms with van der Waals surface area (Å²) in [4.78, 5) is 18.7. The van der Waals surface area contributed by atoms with E-state index in [0.717, 1.165) is 28.1 Å². The fourth-order valence-corrected chi connectivity index (χ4v) is 3.22. The maximum absolute atomic E-state index is 12.4. The standard InChI is InChI=1S/C20H16N2O/c1-14(23)22-19-10-4-2-7-15(19)13-17(18-9-6-12-21-18)16-8-3-5-11-20(16)22/h2-13,18H,1H3. The van der Waals surface area contributed by atoms with Gasteiger partial charge in [-0.1, -0.05) is 42.5 Å². The molecule has 0 fully saturated rings. The number of hydrogen-bond donors (Lipinski definition) is 0. The van der Waals surface area contributed by atoms with Gasteiger partial charge in [0, 0.05) is 18.7 Å². The summed E-state index contributed by atoms with van der Waals surface area (Å²) in [5.74, 6) is 0.00464. The van der Waals surface area contributed by atoms with Crippen LogP contribution in [-0.2, 0) is 4.79 Å². The monoisotopic (exact) mass is 300 g/mol. The first kappa shape index (κ1) is 13.7. The number of hydrogen-bond acceptors (Lipinski definition) is 2. The lowest BCUT2D eigenvalue weighted by atomic mass is 9.96. The summed E-state index contributed by atoms with van der Waals surface area (Å²) in [6, 6.07) is 16.0. The Morgan fingerprint density at radius 2 is 1.78 bits per heavy atom. The van der Waals surface area contributed by atoms with Crippen LogP contribution in [0, 0.1) is 0 Å². The largest absolute Gasteiger partial charge is 0.281 e. The van der Waals surface area contributed by atoms with Crippen molar-refractivity contribution in [2.24, 2.45) is 4.99 Å². The molecule has 0 aliphatic carbocycles. The Bertz CT molecular complexity index is 865. The van der Waals surface area contributed by atoms with E-state index >= 15 is 0 Å². The molecule has 1 unspecified atom stereocenters. The topological polar surface area (TPSA) is 32.7 Å². The fourth-order valence-electron chi connectivity index (χ4n) is 3.22. The molecule has 4 rings (SSSR count). The lowest BCUT2D eigenvalue weighted by Gasteiger charge is -2.24. The number of anilines is 2. The fraction of sp³-hybridized carbons (Fsp3) is 0.100. The van der Waals surface area contributed by atoms with Gasteiger partial charge in [0.05, 0.1) is 17.4 Å². The number of amides is 1. The summed E-state index contributed by atoms with van der Waals surface area (Å²) in [6.45, 7) is 1.60. The van der Waals surface area contributed by atoms with Gasteiger partial charge in [0.25, 0.3) is 0 Å². The molecule has 3 nitrogen and oxygen atoms in total. The van der Waals surface area contributed by atoms with Crippen molar-refractivity contribution in [3.8, 4) is 0 Å². The zero-order chi connectivity index (χ0) is 15.8. The van der Waals surface area contributed by atoms with E-state index in [9.17, 15) is 4.79 Å². The minimum Gasteiger partial charge on any atom is -0.281 e. The molecule has 0 N–H and O–H groups in total. The van der Waals surface area contributed by atoms with Gasteiger partial charge in [-0.25, -0.2) is 0 Å². The number of carbonyl (C=O) groups excluding carboxylic acids is 1. The minimum atomic E-state index is -0.00360. The van der Waals surface area contributed by atoms with E-state index in [4.69, 9.17) is 0 Å². The molecule has 2 aliphatic heterocycles. The molecule has 1 amide bonds. The minimum absolute atomic E-state index is 0.00360. The molecule has 0 bridgehead atoms. The SMILES string of the molecule is CC(=O)N1c2ccccc2C=C(C2C=CC=N2)c2ccccc21. The van der Waals surface area contributed by atoms with E-state index < -0.39 is 0 Å². The molecule has 2 aromatic carbocycles. The van der Waals surface area contributed by atoms with Crippen molar-refractivity contribution in [2.45, 2.75) is 13.0 Å². The molecule has 0 saturated heterocycles. The van der Waals surface area contributed by atoms with Crippen LogP contribution in [0.4, 0.5) is 11.4 Å². The third kappa shape index (κ3) is 2.21. The average molecular weight is 300 g/mol.